The number of hydrogen-bond acceptors (Lipinski definition) is 5. The molecule has 0 radical (unpaired) electrons. The number of amides is 1. The van der Waals surface area contributed by atoms with Crippen LogP contribution in [0.15, 0.2) is 55.1 Å². The molecular weight excluding hydrogens is 332 g/mol. The van der Waals surface area contributed by atoms with Crippen LogP contribution in [-0.4, -0.2) is 46.8 Å². The molecule has 0 unspecified atom stereocenters. The lowest BCUT2D eigenvalue weighted by Crippen LogP contribution is -2.26. The maximum Gasteiger partial charge on any atom is 0.253 e. The van der Waals surface area contributed by atoms with Gasteiger partial charge in [-0.05, 0) is 42.0 Å². The number of ether oxygens (including phenoxy) is 2. The van der Waals surface area contributed by atoms with Crippen LogP contribution in [0.3, 0.4) is 0 Å². The number of carbonyl (C=O) groups excluding carboxylic acids is 1. The van der Waals surface area contributed by atoms with Gasteiger partial charge in [0.25, 0.3) is 5.91 Å². The van der Waals surface area contributed by atoms with Crippen LogP contribution in [0.5, 0.6) is 11.5 Å². The molecule has 7 heteroatoms. The molecule has 0 saturated carbocycles. The molecule has 0 atom stereocenters. The van der Waals surface area contributed by atoms with E-state index in [1.165, 1.54) is 6.33 Å². The molecule has 134 valence electrons. The second-order valence-electron chi connectivity index (χ2n) is 5.74. The van der Waals surface area contributed by atoms with Gasteiger partial charge in [-0.1, -0.05) is 6.07 Å². The van der Waals surface area contributed by atoms with E-state index in [9.17, 15) is 4.79 Å². The van der Waals surface area contributed by atoms with Crippen LogP contribution in [0.1, 0.15) is 15.9 Å². The number of carbonyl (C=O) groups is 1. The Bertz CT molecular complexity index is 876. The highest BCUT2D eigenvalue weighted by Crippen LogP contribution is 2.28. The summed E-state index contributed by atoms with van der Waals surface area (Å²) in [6.07, 6.45) is 3.08. The molecule has 1 amide bonds. The van der Waals surface area contributed by atoms with E-state index in [1.54, 1.807) is 49.3 Å². The van der Waals surface area contributed by atoms with Crippen molar-refractivity contribution in [2.24, 2.45) is 0 Å². The second-order valence-corrected chi connectivity index (χ2v) is 5.74. The summed E-state index contributed by atoms with van der Waals surface area (Å²) in [5, 5.41) is 4.07. The minimum Gasteiger partial charge on any atom is -0.493 e. The smallest absolute Gasteiger partial charge is 0.253 e. The Kier molecular flexibility index (Phi) is 5.17. The average Bonchev–Trinajstić information content (AvgIpc) is 3.22. The normalized spacial score (nSPS) is 10.4. The van der Waals surface area contributed by atoms with Crippen molar-refractivity contribution in [3.8, 4) is 17.2 Å². The number of rotatable bonds is 6. The van der Waals surface area contributed by atoms with Gasteiger partial charge in [0.2, 0.25) is 0 Å². The summed E-state index contributed by atoms with van der Waals surface area (Å²) in [5.74, 6) is 1.24. The molecule has 1 aromatic heterocycles. The van der Waals surface area contributed by atoms with Crippen molar-refractivity contribution in [2.75, 3.05) is 21.3 Å². The Morgan fingerprint density at radius 2 is 1.81 bits per heavy atom. The molecular formula is C19H20N4O3. The lowest BCUT2D eigenvalue weighted by Gasteiger charge is -2.18. The van der Waals surface area contributed by atoms with Gasteiger partial charge in [0.1, 0.15) is 12.7 Å². The molecule has 0 aliphatic heterocycles. The highest BCUT2D eigenvalue weighted by atomic mass is 16.5. The Morgan fingerprint density at radius 3 is 2.42 bits per heavy atom. The van der Waals surface area contributed by atoms with Gasteiger partial charge in [-0.25, -0.2) is 9.67 Å². The zero-order valence-electron chi connectivity index (χ0n) is 14.9. The highest BCUT2D eigenvalue weighted by molar-refractivity contribution is 5.94. The summed E-state index contributed by atoms with van der Waals surface area (Å²) in [4.78, 5) is 18.2. The molecule has 0 N–H and O–H groups in total. The number of aromatic nitrogens is 3. The molecule has 26 heavy (non-hydrogen) atoms. The number of nitrogens with zero attached hydrogens (tertiary/aromatic N) is 4. The van der Waals surface area contributed by atoms with Crippen molar-refractivity contribution < 1.29 is 14.3 Å². The third-order valence-corrected chi connectivity index (χ3v) is 4.01. The average molecular weight is 352 g/mol. The maximum atomic E-state index is 12.7. The molecule has 7 nitrogen and oxygen atoms in total. The van der Waals surface area contributed by atoms with Crippen molar-refractivity contribution in [1.29, 1.82) is 0 Å². The van der Waals surface area contributed by atoms with Gasteiger partial charge in [-0.2, -0.15) is 5.10 Å². The topological polar surface area (TPSA) is 69.5 Å². The van der Waals surface area contributed by atoms with E-state index >= 15 is 0 Å². The summed E-state index contributed by atoms with van der Waals surface area (Å²) in [5.41, 5.74) is 2.41. The Balaban J connectivity index is 1.71. The number of hydrogen-bond donors (Lipinski definition) is 0. The zero-order chi connectivity index (χ0) is 18.5. The molecule has 0 bridgehead atoms. The van der Waals surface area contributed by atoms with Crippen LogP contribution in [0.25, 0.3) is 5.69 Å². The minimum atomic E-state index is -0.0649. The molecule has 0 spiro atoms. The SMILES string of the molecule is COc1ccc(CN(C)C(=O)c2ccc(-n3cncn3)cc2)cc1OC. The van der Waals surface area contributed by atoms with Gasteiger partial charge in [-0.15, -0.1) is 0 Å². The van der Waals surface area contributed by atoms with E-state index in [0.29, 0.717) is 23.6 Å². The first-order chi connectivity index (χ1) is 12.6. The molecule has 3 rings (SSSR count). The van der Waals surface area contributed by atoms with Gasteiger partial charge < -0.3 is 14.4 Å². The van der Waals surface area contributed by atoms with Crippen LogP contribution in [0, 0.1) is 0 Å². The van der Waals surface area contributed by atoms with Crippen molar-refractivity contribution in [3.63, 3.8) is 0 Å². The maximum absolute atomic E-state index is 12.7. The van der Waals surface area contributed by atoms with Crippen LogP contribution in [0.2, 0.25) is 0 Å². The summed E-state index contributed by atoms with van der Waals surface area (Å²) < 4.78 is 12.2. The fraction of sp³-hybridized carbons (Fsp3) is 0.211. The molecule has 2 aromatic carbocycles. The van der Waals surface area contributed by atoms with E-state index in [0.717, 1.165) is 11.3 Å². The minimum absolute atomic E-state index is 0.0649. The second kappa shape index (κ2) is 7.69. The quantitative estimate of drug-likeness (QED) is 0.682. The molecule has 1 heterocycles. The largest absolute Gasteiger partial charge is 0.493 e. The fourth-order valence-corrected chi connectivity index (χ4v) is 2.64. The summed E-state index contributed by atoms with van der Waals surface area (Å²) in [6.45, 7) is 0.462. The van der Waals surface area contributed by atoms with Crippen LogP contribution < -0.4 is 9.47 Å². The van der Waals surface area contributed by atoms with Crippen LogP contribution >= 0.6 is 0 Å². The standard InChI is InChI=1S/C19H20N4O3/c1-22(11-14-4-9-17(25-2)18(10-14)26-3)19(24)15-5-7-16(8-6-15)23-13-20-12-21-23/h4-10,12-13H,11H2,1-3H3. The molecule has 0 aliphatic rings. The van der Waals surface area contributed by atoms with Gasteiger partial charge in [-0.3, -0.25) is 4.79 Å². The summed E-state index contributed by atoms with van der Waals surface area (Å²) >= 11 is 0. The Morgan fingerprint density at radius 1 is 1.08 bits per heavy atom. The van der Waals surface area contributed by atoms with Crippen LogP contribution in [0.4, 0.5) is 0 Å². The van der Waals surface area contributed by atoms with Gasteiger partial charge in [0.05, 0.1) is 19.9 Å². The molecule has 0 fully saturated rings. The van der Waals surface area contributed by atoms with Crippen molar-refractivity contribution >= 4 is 5.91 Å². The first-order valence-corrected chi connectivity index (χ1v) is 8.04. The van der Waals surface area contributed by atoms with E-state index in [-0.39, 0.29) is 5.91 Å². The first kappa shape index (κ1) is 17.5. The molecule has 3 aromatic rings. The van der Waals surface area contributed by atoms with Gasteiger partial charge >= 0.3 is 0 Å². The zero-order valence-corrected chi connectivity index (χ0v) is 14.9. The highest BCUT2D eigenvalue weighted by Gasteiger charge is 2.13. The molecule has 0 saturated heterocycles. The lowest BCUT2D eigenvalue weighted by molar-refractivity contribution is 0.0785. The predicted molar refractivity (Wildman–Crippen MR) is 96.7 cm³/mol. The number of benzene rings is 2. The van der Waals surface area contributed by atoms with E-state index < -0.39 is 0 Å². The van der Waals surface area contributed by atoms with E-state index in [2.05, 4.69) is 10.1 Å². The van der Waals surface area contributed by atoms with Gasteiger partial charge in [0, 0.05) is 19.2 Å². The molecule has 0 aliphatic carbocycles. The van der Waals surface area contributed by atoms with Crippen LogP contribution in [-0.2, 0) is 6.54 Å². The van der Waals surface area contributed by atoms with Crippen molar-refractivity contribution in [1.82, 2.24) is 19.7 Å². The van der Waals surface area contributed by atoms with E-state index in [4.69, 9.17) is 9.47 Å². The summed E-state index contributed by atoms with van der Waals surface area (Å²) in [7, 11) is 4.95. The Labute approximate surface area is 151 Å². The summed E-state index contributed by atoms with van der Waals surface area (Å²) in [6, 6.07) is 12.9. The lowest BCUT2D eigenvalue weighted by atomic mass is 10.1. The third kappa shape index (κ3) is 3.66. The van der Waals surface area contributed by atoms with Crippen molar-refractivity contribution in [2.45, 2.75) is 6.54 Å². The third-order valence-electron chi connectivity index (χ3n) is 4.01. The number of methoxy groups -OCH3 is 2. The fourth-order valence-electron chi connectivity index (χ4n) is 2.64. The Hall–Kier alpha value is -3.35. The van der Waals surface area contributed by atoms with E-state index in [1.807, 2.05) is 30.3 Å². The first-order valence-electron chi connectivity index (χ1n) is 8.04. The predicted octanol–water partition coefficient (Wildman–Crippen LogP) is 2.56. The van der Waals surface area contributed by atoms with Crippen molar-refractivity contribution in [3.05, 3.63) is 66.2 Å². The monoisotopic (exact) mass is 352 g/mol. The van der Waals surface area contributed by atoms with Gasteiger partial charge in [0.15, 0.2) is 11.5 Å².